The summed E-state index contributed by atoms with van der Waals surface area (Å²) in [4.78, 5) is 2.62. The number of rotatable bonds is 4. The second-order valence-electron chi connectivity index (χ2n) is 9.79. The van der Waals surface area contributed by atoms with Crippen LogP contribution in [0.2, 0.25) is 0 Å². The van der Waals surface area contributed by atoms with E-state index in [0.717, 1.165) is 31.6 Å². The number of para-hydroxylation sites is 2. The second kappa shape index (κ2) is 9.34. The van der Waals surface area contributed by atoms with Gasteiger partial charge in [0.2, 0.25) is 32.4 Å². The van der Waals surface area contributed by atoms with E-state index in [1.165, 1.54) is 33.2 Å². The molecule has 6 nitrogen and oxygen atoms in total. The quantitative estimate of drug-likeness (QED) is 0.374. The first kappa shape index (κ1) is 23.7. The first-order valence-corrected chi connectivity index (χ1v) is 14.1. The fraction of sp³-hybridized carbons (Fsp3) is 0.200. The van der Waals surface area contributed by atoms with Crippen LogP contribution in [0.15, 0.2) is 102 Å². The van der Waals surface area contributed by atoms with E-state index in [0.29, 0.717) is 0 Å². The summed E-state index contributed by atoms with van der Waals surface area (Å²) in [5.41, 5.74) is 6.06. The van der Waals surface area contributed by atoms with Crippen molar-refractivity contribution >= 4 is 31.8 Å². The van der Waals surface area contributed by atoms with Crippen LogP contribution in [-0.4, -0.2) is 19.9 Å². The minimum atomic E-state index is -3.69. The van der Waals surface area contributed by atoms with Crippen molar-refractivity contribution in [3.63, 3.8) is 0 Å². The van der Waals surface area contributed by atoms with E-state index in [1.807, 2.05) is 12.1 Å². The third kappa shape index (κ3) is 4.50. The van der Waals surface area contributed by atoms with Gasteiger partial charge in [0.1, 0.15) is 0 Å². The van der Waals surface area contributed by atoms with Gasteiger partial charge in [-0.25, -0.2) is 13.6 Å². The van der Waals surface area contributed by atoms with E-state index in [2.05, 4.69) is 93.8 Å². The Balaban J connectivity index is 1.43. The molecule has 0 unspecified atom stereocenters. The third-order valence-corrected chi connectivity index (χ3v) is 8.34. The average molecular weight is 511 g/mol. The molecule has 0 bridgehead atoms. The van der Waals surface area contributed by atoms with Crippen molar-refractivity contribution in [1.82, 2.24) is 4.90 Å². The minimum Gasteiger partial charge on any atom is -0.283 e. The van der Waals surface area contributed by atoms with Gasteiger partial charge in [-0.1, -0.05) is 36.4 Å². The fourth-order valence-corrected chi connectivity index (χ4v) is 6.11. The van der Waals surface area contributed by atoms with Gasteiger partial charge in [0.25, 0.3) is 0 Å². The number of hydrogen-bond acceptors (Lipinski definition) is 3. The number of nitrogens with two attached hydrogens (primary N) is 1. The zero-order valence-corrected chi connectivity index (χ0v) is 21.6. The Labute approximate surface area is 217 Å². The maximum atomic E-state index is 11.6. The van der Waals surface area contributed by atoms with E-state index >= 15 is 0 Å². The highest BCUT2D eigenvalue weighted by molar-refractivity contribution is 7.89. The van der Waals surface area contributed by atoms with E-state index in [1.54, 1.807) is 12.1 Å². The van der Waals surface area contributed by atoms with Crippen molar-refractivity contribution in [2.24, 2.45) is 5.14 Å². The molecule has 5 aromatic rings. The molecule has 0 saturated heterocycles. The highest BCUT2D eigenvalue weighted by Gasteiger charge is 2.36. The minimum absolute atomic E-state index is 0.107. The van der Waals surface area contributed by atoms with Crippen molar-refractivity contribution in [2.75, 3.05) is 6.54 Å². The Kier molecular flexibility index (Phi) is 5.99. The van der Waals surface area contributed by atoms with Gasteiger partial charge in [-0.2, -0.15) is 0 Å². The van der Waals surface area contributed by atoms with Crippen LogP contribution in [0, 0.1) is 0 Å². The monoisotopic (exact) mass is 510 g/mol. The summed E-state index contributed by atoms with van der Waals surface area (Å²) in [7, 11) is -3.69. The number of pyridine rings is 2. The molecule has 0 spiro atoms. The lowest BCUT2D eigenvalue weighted by atomic mass is 10.1. The van der Waals surface area contributed by atoms with E-state index < -0.39 is 10.0 Å². The molecule has 186 valence electrons. The molecule has 0 fully saturated rings. The molecule has 0 saturated carbocycles. The summed E-state index contributed by atoms with van der Waals surface area (Å²) in [5.74, 6) is 0. The molecule has 0 radical (unpaired) electrons. The first-order chi connectivity index (χ1) is 17.9. The number of sulfonamides is 1. The van der Waals surface area contributed by atoms with Crippen molar-refractivity contribution in [3.05, 3.63) is 114 Å². The molecule has 2 aromatic heterocycles. The van der Waals surface area contributed by atoms with Gasteiger partial charge in [-0.3, -0.25) is 4.90 Å². The molecule has 3 aromatic carbocycles. The topological polar surface area (TPSA) is 71.2 Å². The van der Waals surface area contributed by atoms with Crippen LogP contribution in [0.25, 0.3) is 21.8 Å². The number of primary sulfonamides is 1. The molecule has 0 atom stereocenters. The van der Waals surface area contributed by atoms with E-state index in [9.17, 15) is 8.42 Å². The number of hydrogen-bond donors (Lipinski definition) is 1. The smallest absolute Gasteiger partial charge is 0.283 e. The zero-order chi connectivity index (χ0) is 25.6. The lowest BCUT2D eigenvalue weighted by Gasteiger charge is -2.25. The zero-order valence-electron chi connectivity index (χ0n) is 20.8. The summed E-state index contributed by atoms with van der Waals surface area (Å²) in [5, 5.41) is 7.72. The van der Waals surface area contributed by atoms with Crippen LogP contribution in [0.1, 0.15) is 30.0 Å². The summed E-state index contributed by atoms with van der Waals surface area (Å²) in [6, 6.07) is 33.0. The maximum Gasteiger partial charge on any atom is 0.350 e. The number of benzene rings is 3. The van der Waals surface area contributed by atoms with Gasteiger partial charge in [-0.05, 0) is 48.4 Å². The molecule has 1 aliphatic heterocycles. The maximum absolute atomic E-state index is 11.6. The Morgan fingerprint density at radius 1 is 0.757 bits per heavy atom. The van der Waals surface area contributed by atoms with Crippen molar-refractivity contribution in [2.45, 2.75) is 37.5 Å². The summed E-state index contributed by atoms with van der Waals surface area (Å²) >= 11 is 0. The van der Waals surface area contributed by atoms with Crippen LogP contribution in [0.4, 0.5) is 0 Å². The average Bonchev–Trinajstić information content (AvgIpc) is 2.90. The van der Waals surface area contributed by atoms with Gasteiger partial charge in [0.05, 0.1) is 24.9 Å². The summed E-state index contributed by atoms with van der Waals surface area (Å²) < 4.78 is 28.2. The molecule has 2 N–H and O–H groups in total. The SMILES string of the molecule is CC1[n+]2c(ccc3ccccc32)CN(CCc2ccc(S(N)(=O)=O)cc2)Cc2ccc3ccccc3[n+]21. The number of fused-ring (bicyclic) bond motifs is 6. The Morgan fingerprint density at radius 3 is 1.78 bits per heavy atom. The lowest BCUT2D eigenvalue weighted by molar-refractivity contribution is -0.926. The van der Waals surface area contributed by atoms with Crippen molar-refractivity contribution in [3.8, 4) is 0 Å². The van der Waals surface area contributed by atoms with Gasteiger partial charge in [0.15, 0.2) is 0 Å². The van der Waals surface area contributed by atoms with Gasteiger partial charge in [0, 0.05) is 41.6 Å². The summed E-state index contributed by atoms with van der Waals surface area (Å²) in [6.45, 7) is 4.76. The highest BCUT2D eigenvalue weighted by atomic mass is 32.2. The molecule has 7 heteroatoms. The predicted molar refractivity (Wildman–Crippen MR) is 144 cm³/mol. The van der Waals surface area contributed by atoms with E-state index in [4.69, 9.17) is 5.14 Å². The number of aromatic nitrogens is 2. The molecule has 1 aliphatic rings. The van der Waals surface area contributed by atoms with Crippen molar-refractivity contribution in [1.29, 1.82) is 0 Å². The van der Waals surface area contributed by atoms with Crippen LogP contribution >= 0.6 is 0 Å². The van der Waals surface area contributed by atoms with Crippen LogP contribution in [-0.2, 0) is 29.5 Å². The Bertz CT molecular complexity index is 1640. The molecule has 0 aliphatic carbocycles. The predicted octanol–water partition coefficient (Wildman–Crippen LogP) is 3.84. The first-order valence-electron chi connectivity index (χ1n) is 12.6. The fourth-order valence-electron chi connectivity index (χ4n) is 5.60. The highest BCUT2D eigenvalue weighted by Crippen LogP contribution is 2.21. The summed E-state index contributed by atoms with van der Waals surface area (Å²) in [6.07, 6.45) is 0.914. The van der Waals surface area contributed by atoms with Crippen LogP contribution < -0.4 is 14.3 Å². The molecule has 3 heterocycles. The third-order valence-electron chi connectivity index (χ3n) is 7.41. The standard InChI is InChI=1S/C30H30N4O2S/c1-22-33-26(14-12-24-6-2-4-8-29(24)33)20-32(19-18-23-10-16-28(17-11-23)37(31,35)36)21-27-15-13-25-7-3-5-9-30(25)34(22)27/h2-17,22H,18-21H2,1H3,(H2,31,35,36)/q+2. The van der Waals surface area contributed by atoms with Gasteiger partial charge >= 0.3 is 6.17 Å². The Hall–Kier alpha value is -3.65. The molecule has 6 rings (SSSR count). The molecule has 37 heavy (non-hydrogen) atoms. The largest absolute Gasteiger partial charge is 0.350 e. The van der Waals surface area contributed by atoms with Crippen LogP contribution in [0.3, 0.4) is 0 Å². The Morgan fingerprint density at radius 2 is 1.27 bits per heavy atom. The molecular formula is C30H30N4O2S+2. The van der Waals surface area contributed by atoms with Gasteiger partial charge in [-0.15, -0.1) is 9.13 Å². The van der Waals surface area contributed by atoms with Crippen LogP contribution in [0.5, 0.6) is 0 Å². The lowest BCUT2D eigenvalue weighted by Crippen LogP contribution is -2.62. The van der Waals surface area contributed by atoms with E-state index in [-0.39, 0.29) is 11.1 Å². The van der Waals surface area contributed by atoms with Crippen molar-refractivity contribution < 1.29 is 17.6 Å². The number of nitrogens with zero attached hydrogens (tertiary/aromatic N) is 3. The van der Waals surface area contributed by atoms with Gasteiger partial charge < -0.3 is 0 Å². The molecular weight excluding hydrogens is 480 g/mol. The second-order valence-corrected chi connectivity index (χ2v) is 11.3. The molecule has 0 amide bonds. The normalized spacial score (nSPS) is 14.8.